The SMILES string of the molecule is CC(C)(O)c1cnc(N2CCN(S(=O)(=O)c3ccc(N)s3)C[C@@H]2CN2C3COCC2CC(O)C3)nc1. The molecule has 11 nitrogen and oxygen atoms in total. The van der Waals surface area contributed by atoms with Crippen LogP contribution < -0.4 is 10.6 Å². The van der Waals surface area contributed by atoms with Crippen LogP contribution in [0.3, 0.4) is 0 Å². The van der Waals surface area contributed by atoms with Gasteiger partial charge in [-0.3, -0.25) is 4.90 Å². The van der Waals surface area contributed by atoms with E-state index in [0.29, 0.717) is 62.2 Å². The van der Waals surface area contributed by atoms with Gasteiger partial charge in [0.1, 0.15) is 4.21 Å². The van der Waals surface area contributed by atoms with Crippen LogP contribution in [0.25, 0.3) is 0 Å². The van der Waals surface area contributed by atoms with E-state index in [-0.39, 0.29) is 35.0 Å². The van der Waals surface area contributed by atoms with Gasteiger partial charge in [-0.2, -0.15) is 4.31 Å². The molecule has 2 unspecified atom stereocenters. The number of ether oxygens (including phenoxy) is 1. The zero-order chi connectivity index (χ0) is 25.7. The monoisotopic (exact) mass is 538 g/mol. The van der Waals surface area contributed by atoms with E-state index >= 15 is 0 Å². The smallest absolute Gasteiger partial charge is 0.252 e. The molecule has 5 rings (SSSR count). The second-order valence-electron chi connectivity index (χ2n) is 10.4. The molecule has 4 N–H and O–H groups in total. The second kappa shape index (κ2) is 9.78. The Hall–Kier alpha value is -1.87. The van der Waals surface area contributed by atoms with E-state index in [2.05, 4.69) is 19.8 Å². The Balaban J connectivity index is 1.43. The Bertz CT molecular complexity index is 1150. The van der Waals surface area contributed by atoms with Crippen LogP contribution in [0.15, 0.2) is 28.7 Å². The van der Waals surface area contributed by atoms with Crippen molar-refractivity contribution in [3.8, 4) is 0 Å². The van der Waals surface area contributed by atoms with E-state index in [4.69, 9.17) is 10.5 Å². The first kappa shape index (κ1) is 25.8. The molecule has 0 radical (unpaired) electrons. The van der Waals surface area contributed by atoms with Crippen LogP contribution in [-0.2, 0) is 20.4 Å². The van der Waals surface area contributed by atoms with E-state index in [1.54, 1.807) is 38.4 Å². The number of morpholine rings is 1. The Morgan fingerprint density at radius 1 is 1.17 bits per heavy atom. The zero-order valence-electron chi connectivity index (χ0n) is 20.5. The highest BCUT2D eigenvalue weighted by Gasteiger charge is 2.43. The lowest BCUT2D eigenvalue weighted by Crippen LogP contribution is -2.64. The molecule has 36 heavy (non-hydrogen) atoms. The highest BCUT2D eigenvalue weighted by atomic mass is 32.2. The summed E-state index contributed by atoms with van der Waals surface area (Å²) in [4.78, 5) is 13.5. The van der Waals surface area contributed by atoms with Crippen molar-refractivity contribution in [3.05, 3.63) is 30.1 Å². The number of aromatic nitrogens is 2. The minimum absolute atomic E-state index is 0.0805. The van der Waals surface area contributed by atoms with Crippen molar-refractivity contribution < 1.29 is 23.4 Å². The normalized spacial score (nSPS) is 28.4. The topological polar surface area (TPSA) is 145 Å². The van der Waals surface area contributed by atoms with Crippen molar-refractivity contribution in [2.24, 2.45) is 0 Å². The van der Waals surface area contributed by atoms with Gasteiger partial charge in [-0.15, -0.1) is 11.3 Å². The van der Waals surface area contributed by atoms with Gasteiger partial charge in [-0.25, -0.2) is 18.4 Å². The molecule has 3 aliphatic heterocycles. The number of nitrogen functional groups attached to an aromatic ring is 1. The lowest BCUT2D eigenvalue weighted by Gasteiger charge is -2.50. The lowest BCUT2D eigenvalue weighted by atomic mass is 9.91. The second-order valence-corrected chi connectivity index (χ2v) is 13.6. The number of sulfonamides is 1. The molecule has 5 heterocycles. The summed E-state index contributed by atoms with van der Waals surface area (Å²) in [6.45, 7) is 6.05. The highest BCUT2D eigenvalue weighted by molar-refractivity contribution is 7.91. The van der Waals surface area contributed by atoms with Gasteiger partial charge < -0.3 is 25.6 Å². The minimum Gasteiger partial charge on any atom is -0.393 e. The van der Waals surface area contributed by atoms with Gasteiger partial charge in [-0.1, -0.05) is 0 Å². The van der Waals surface area contributed by atoms with Crippen LogP contribution in [-0.4, -0.2) is 101 Å². The van der Waals surface area contributed by atoms with Crippen molar-refractivity contribution in [1.29, 1.82) is 0 Å². The van der Waals surface area contributed by atoms with Gasteiger partial charge in [0.05, 0.1) is 36.0 Å². The molecular weight excluding hydrogens is 504 g/mol. The molecule has 3 fully saturated rings. The van der Waals surface area contributed by atoms with Gasteiger partial charge in [0, 0.05) is 56.2 Å². The number of thiophene rings is 1. The number of nitrogens with zero attached hydrogens (tertiary/aromatic N) is 5. The average Bonchev–Trinajstić information content (AvgIpc) is 3.26. The van der Waals surface area contributed by atoms with Gasteiger partial charge in [0.25, 0.3) is 10.0 Å². The number of fused-ring (bicyclic) bond motifs is 2. The largest absolute Gasteiger partial charge is 0.393 e. The lowest BCUT2D eigenvalue weighted by molar-refractivity contribution is -0.107. The Morgan fingerprint density at radius 3 is 2.42 bits per heavy atom. The summed E-state index contributed by atoms with van der Waals surface area (Å²) in [7, 11) is -3.69. The first-order valence-corrected chi connectivity index (χ1v) is 14.5. The molecular formula is C23H34N6O5S2. The number of aliphatic hydroxyl groups excluding tert-OH is 1. The Labute approximate surface area is 215 Å². The molecule has 2 bridgehead atoms. The first-order chi connectivity index (χ1) is 17.0. The number of anilines is 2. The maximum atomic E-state index is 13.4. The number of piperazine rings is 1. The zero-order valence-corrected chi connectivity index (χ0v) is 22.2. The summed E-state index contributed by atoms with van der Waals surface area (Å²) in [5.74, 6) is 0.504. The maximum Gasteiger partial charge on any atom is 0.252 e. The van der Waals surface area contributed by atoms with E-state index in [1.807, 2.05) is 0 Å². The van der Waals surface area contributed by atoms with Crippen LogP contribution in [0.2, 0.25) is 0 Å². The number of nitrogens with two attached hydrogens (primary N) is 1. The van der Waals surface area contributed by atoms with Crippen molar-refractivity contribution in [2.45, 2.75) is 60.7 Å². The third-order valence-corrected chi connectivity index (χ3v) is 10.6. The minimum atomic E-state index is -3.69. The fraction of sp³-hybridized carbons (Fsp3) is 0.652. The molecule has 198 valence electrons. The van der Waals surface area contributed by atoms with Crippen molar-refractivity contribution in [2.75, 3.05) is 50.0 Å². The quantitative estimate of drug-likeness (QED) is 0.474. The molecule has 3 atom stereocenters. The number of hydrogen-bond donors (Lipinski definition) is 3. The fourth-order valence-electron chi connectivity index (χ4n) is 5.35. The standard InChI is InChI=1S/C23H34N6O5S2/c1-23(2,31)15-9-25-22(26-10-15)28-6-5-27(36(32,33)21-4-3-20(24)35-21)11-18(28)12-29-16-7-19(30)8-17(29)14-34-13-16/h3-4,9-10,16-19,30-31H,5-8,11-14,24H2,1-2H3/t16?,17?,18-,19?/m1/s1. The fourth-order valence-corrected chi connectivity index (χ4v) is 8.07. The molecule has 0 spiro atoms. The summed E-state index contributed by atoms with van der Waals surface area (Å²) in [6, 6.07) is 3.12. The molecule has 3 saturated heterocycles. The average molecular weight is 539 g/mol. The Kier molecular flexibility index (Phi) is 7.00. The molecule has 0 aliphatic carbocycles. The molecule has 0 saturated carbocycles. The maximum absolute atomic E-state index is 13.4. The predicted molar refractivity (Wildman–Crippen MR) is 136 cm³/mol. The van der Waals surface area contributed by atoms with Crippen LogP contribution in [0, 0.1) is 0 Å². The first-order valence-electron chi connectivity index (χ1n) is 12.2. The van der Waals surface area contributed by atoms with Crippen LogP contribution in [0.1, 0.15) is 32.3 Å². The Morgan fingerprint density at radius 2 is 1.83 bits per heavy atom. The van der Waals surface area contributed by atoms with Crippen molar-refractivity contribution in [1.82, 2.24) is 19.2 Å². The highest BCUT2D eigenvalue weighted by Crippen LogP contribution is 2.32. The molecule has 0 amide bonds. The van der Waals surface area contributed by atoms with Crippen molar-refractivity contribution >= 4 is 32.3 Å². The van der Waals surface area contributed by atoms with Crippen LogP contribution >= 0.6 is 11.3 Å². The summed E-state index contributed by atoms with van der Waals surface area (Å²) >= 11 is 1.07. The van der Waals surface area contributed by atoms with Crippen LogP contribution in [0.4, 0.5) is 10.9 Å². The number of hydrogen-bond acceptors (Lipinski definition) is 11. The van der Waals surface area contributed by atoms with Crippen molar-refractivity contribution in [3.63, 3.8) is 0 Å². The molecule has 3 aliphatic rings. The van der Waals surface area contributed by atoms with Gasteiger partial charge in [0.15, 0.2) is 0 Å². The summed E-state index contributed by atoms with van der Waals surface area (Å²) in [5.41, 5.74) is 5.37. The molecule has 2 aromatic rings. The van der Waals surface area contributed by atoms with Gasteiger partial charge >= 0.3 is 0 Å². The summed E-state index contributed by atoms with van der Waals surface area (Å²) < 4.78 is 34.4. The predicted octanol–water partition coefficient (Wildman–Crippen LogP) is 0.451. The number of aliphatic hydroxyl groups is 2. The molecule has 13 heteroatoms. The third kappa shape index (κ3) is 5.10. The molecule has 2 aromatic heterocycles. The van der Waals surface area contributed by atoms with Gasteiger partial charge in [-0.05, 0) is 38.8 Å². The summed E-state index contributed by atoms with van der Waals surface area (Å²) in [5, 5.41) is 21.1. The number of rotatable bonds is 6. The number of piperidine rings is 1. The third-order valence-electron chi connectivity index (χ3n) is 7.31. The molecule has 0 aromatic carbocycles. The van der Waals surface area contributed by atoms with E-state index in [9.17, 15) is 18.6 Å². The van der Waals surface area contributed by atoms with E-state index < -0.39 is 15.6 Å². The van der Waals surface area contributed by atoms with Crippen LogP contribution in [0.5, 0.6) is 0 Å². The van der Waals surface area contributed by atoms with E-state index in [0.717, 1.165) is 11.3 Å². The summed E-state index contributed by atoms with van der Waals surface area (Å²) in [6.07, 6.45) is 4.17. The van der Waals surface area contributed by atoms with E-state index in [1.165, 1.54) is 4.31 Å². The van der Waals surface area contributed by atoms with Gasteiger partial charge in [0.2, 0.25) is 5.95 Å².